The van der Waals surface area contributed by atoms with Crippen LogP contribution in [0.5, 0.6) is 0 Å². The molecule has 0 aliphatic heterocycles. The zero-order valence-corrected chi connectivity index (χ0v) is 22.6. The summed E-state index contributed by atoms with van der Waals surface area (Å²) in [6.07, 6.45) is 7.69. The number of unbranched alkanes of at least 4 members (excludes halogenated alkanes) is 3. The van der Waals surface area contributed by atoms with Gasteiger partial charge in [0.15, 0.2) is 0 Å². The van der Waals surface area contributed by atoms with Crippen LogP contribution in [0.3, 0.4) is 0 Å². The summed E-state index contributed by atoms with van der Waals surface area (Å²) in [6.45, 7) is 19.0. The molecule has 0 heterocycles. The van der Waals surface area contributed by atoms with Crippen LogP contribution in [0.25, 0.3) is 0 Å². The van der Waals surface area contributed by atoms with E-state index in [1.54, 1.807) is 7.11 Å². The number of rotatable bonds is 12. The Morgan fingerprint density at radius 3 is 1.52 bits per heavy atom. The fourth-order valence-electron chi connectivity index (χ4n) is 4.26. The Bertz CT molecular complexity index is 366. The molecule has 0 saturated carbocycles. The summed E-state index contributed by atoms with van der Waals surface area (Å²) in [5.74, 6) is 0.158. The topological polar surface area (TPSA) is 26.3 Å². The first-order valence-electron chi connectivity index (χ1n) is 10.6. The van der Waals surface area contributed by atoms with Gasteiger partial charge in [-0.15, -0.1) is 0 Å². The van der Waals surface area contributed by atoms with Crippen LogP contribution >= 0.6 is 0 Å². The summed E-state index contributed by atoms with van der Waals surface area (Å²) in [6, 6.07) is 0. The standard InChI is InChI=1S/C9H19O2Si.3C4H9.Sn/c1-9(2,3)12(5,6)7-8(10)11-4;3*1-3-4-2;/h7H,1-6H3;3*1,3-4H2,2H3;. The fraction of sp³-hybridized carbons (Fsp3) is 0.952. The normalized spacial score (nSPS) is 14.4. The van der Waals surface area contributed by atoms with Crippen molar-refractivity contribution in [2.75, 3.05) is 7.11 Å². The minimum atomic E-state index is -2.68. The van der Waals surface area contributed by atoms with Gasteiger partial charge >= 0.3 is 164 Å². The average Bonchev–Trinajstić information content (AvgIpc) is 2.54. The van der Waals surface area contributed by atoms with Gasteiger partial charge in [0.1, 0.15) is 0 Å². The minimum absolute atomic E-state index is 0.158. The Kier molecular flexibility index (Phi) is 11.6. The molecule has 0 aromatic carbocycles. The monoisotopic (exact) mass is 478 g/mol. The Morgan fingerprint density at radius 2 is 1.28 bits per heavy atom. The second kappa shape index (κ2) is 11.4. The molecule has 0 aromatic heterocycles. The van der Waals surface area contributed by atoms with Crippen molar-refractivity contribution in [2.24, 2.45) is 0 Å². The van der Waals surface area contributed by atoms with Gasteiger partial charge in [-0.3, -0.25) is 0 Å². The van der Waals surface area contributed by atoms with Gasteiger partial charge in [0.25, 0.3) is 0 Å². The molecule has 0 N–H and O–H groups in total. The van der Waals surface area contributed by atoms with Gasteiger partial charge < -0.3 is 0 Å². The third-order valence-corrected chi connectivity index (χ3v) is 38.3. The molecule has 0 aromatic rings. The summed E-state index contributed by atoms with van der Waals surface area (Å²) in [5, 5.41) is 0.235. The molecule has 4 heteroatoms. The number of hydrogen-bond donors (Lipinski definition) is 0. The molecule has 0 aliphatic rings. The second-order valence-electron chi connectivity index (χ2n) is 9.60. The molecule has 0 spiro atoms. The molecular weight excluding hydrogens is 431 g/mol. The van der Waals surface area contributed by atoms with Gasteiger partial charge in [0.05, 0.1) is 0 Å². The van der Waals surface area contributed by atoms with E-state index in [9.17, 15) is 4.79 Å². The summed E-state index contributed by atoms with van der Waals surface area (Å²) in [4.78, 5) is 13.2. The second-order valence-corrected chi connectivity index (χ2v) is 30.5. The van der Waals surface area contributed by atoms with E-state index in [4.69, 9.17) is 4.74 Å². The quantitative estimate of drug-likeness (QED) is 0.216. The van der Waals surface area contributed by atoms with Crippen molar-refractivity contribution in [2.45, 2.75) is 115 Å². The SMILES string of the molecule is CCC[CH2][Sn]([CH2]CCC)([CH2]CCC)[CH](C(=O)OC)[Si](C)(C)C(C)(C)C. The molecule has 0 amide bonds. The molecule has 0 saturated heterocycles. The molecule has 1 atom stereocenters. The van der Waals surface area contributed by atoms with E-state index in [-0.39, 0.29) is 11.0 Å². The van der Waals surface area contributed by atoms with Crippen LogP contribution in [0.2, 0.25) is 35.0 Å². The van der Waals surface area contributed by atoms with E-state index in [0.29, 0.717) is 3.56 Å². The van der Waals surface area contributed by atoms with E-state index in [2.05, 4.69) is 54.6 Å². The van der Waals surface area contributed by atoms with Crippen LogP contribution < -0.4 is 0 Å². The first-order chi connectivity index (χ1) is 11.5. The van der Waals surface area contributed by atoms with E-state index in [1.165, 1.54) is 51.8 Å². The first-order valence-corrected chi connectivity index (χ1v) is 21.4. The maximum atomic E-state index is 13.2. The number of carbonyl (C=O) groups excluding carboxylic acids is 1. The average molecular weight is 477 g/mol. The molecular formula is C21H46O2SiSn. The van der Waals surface area contributed by atoms with E-state index < -0.39 is 26.5 Å². The van der Waals surface area contributed by atoms with Crippen LogP contribution in [0.15, 0.2) is 0 Å². The predicted molar refractivity (Wildman–Crippen MR) is 118 cm³/mol. The zero-order valence-electron chi connectivity index (χ0n) is 18.8. The first kappa shape index (κ1) is 25.5. The van der Waals surface area contributed by atoms with Gasteiger partial charge in [-0.25, -0.2) is 0 Å². The van der Waals surface area contributed by atoms with Crippen molar-refractivity contribution in [1.29, 1.82) is 0 Å². The van der Waals surface area contributed by atoms with Crippen molar-refractivity contribution in [3.05, 3.63) is 0 Å². The Balaban J connectivity index is 6.21. The third kappa shape index (κ3) is 6.86. The van der Waals surface area contributed by atoms with Crippen molar-refractivity contribution >= 4 is 32.4 Å². The molecule has 0 fully saturated rings. The summed E-state index contributed by atoms with van der Waals surface area (Å²) in [5.41, 5.74) is 0. The van der Waals surface area contributed by atoms with Crippen molar-refractivity contribution in [3.63, 3.8) is 0 Å². The van der Waals surface area contributed by atoms with Gasteiger partial charge in [0, 0.05) is 0 Å². The van der Waals surface area contributed by atoms with E-state index in [1.807, 2.05) is 0 Å². The van der Waals surface area contributed by atoms with E-state index in [0.717, 1.165) is 0 Å². The summed E-state index contributed by atoms with van der Waals surface area (Å²) < 4.78 is 9.95. The predicted octanol–water partition coefficient (Wildman–Crippen LogP) is 7.43. The van der Waals surface area contributed by atoms with Crippen LogP contribution in [-0.2, 0) is 9.53 Å². The Labute approximate surface area is 163 Å². The Morgan fingerprint density at radius 1 is 0.920 bits per heavy atom. The fourth-order valence-corrected chi connectivity index (χ4v) is 42.5. The zero-order chi connectivity index (χ0) is 19.7. The number of ether oxygens (including phenoxy) is 1. The van der Waals surface area contributed by atoms with Gasteiger partial charge in [-0.05, 0) is 0 Å². The van der Waals surface area contributed by atoms with Crippen LogP contribution in [0, 0.1) is 0 Å². The van der Waals surface area contributed by atoms with Gasteiger partial charge in [-0.2, -0.15) is 0 Å². The number of methoxy groups -OCH3 is 1. The van der Waals surface area contributed by atoms with Crippen molar-refractivity contribution in [3.8, 4) is 0 Å². The van der Waals surface area contributed by atoms with Gasteiger partial charge in [-0.1, -0.05) is 0 Å². The van der Waals surface area contributed by atoms with Crippen LogP contribution in [-0.4, -0.2) is 39.5 Å². The molecule has 2 nitrogen and oxygen atoms in total. The molecule has 150 valence electrons. The van der Waals surface area contributed by atoms with Crippen molar-refractivity contribution < 1.29 is 9.53 Å². The molecule has 1 unspecified atom stereocenters. The number of esters is 1. The van der Waals surface area contributed by atoms with Crippen molar-refractivity contribution in [1.82, 2.24) is 0 Å². The van der Waals surface area contributed by atoms with E-state index >= 15 is 0 Å². The molecule has 25 heavy (non-hydrogen) atoms. The molecule has 0 aliphatic carbocycles. The molecule has 0 radical (unpaired) electrons. The van der Waals surface area contributed by atoms with Gasteiger partial charge in [0.2, 0.25) is 0 Å². The molecule has 0 bridgehead atoms. The number of carbonyl (C=O) groups is 1. The van der Waals surface area contributed by atoms with Crippen LogP contribution in [0.1, 0.15) is 80.1 Å². The number of hydrogen-bond acceptors (Lipinski definition) is 2. The summed E-state index contributed by atoms with van der Waals surface area (Å²) >= 11 is -2.68. The Hall–Kier alpha value is 0.486. The van der Waals surface area contributed by atoms with Crippen LogP contribution in [0.4, 0.5) is 0 Å². The maximum absolute atomic E-state index is 13.2. The third-order valence-electron chi connectivity index (χ3n) is 6.79. The molecule has 0 rings (SSSR count). The summed E-state index contributed by atoms with van der Waals surface area (Å²) in [7, 11) is -0.161.